The van der Waals surface area contributed by atoms with E-state index in [1.54, 1.807) is 0 Å². The largest absolute Gasteiger partial charge is 0.330 e. The van der Waals surface area contributed by atoms with Crippen LogP contribution in [0.4, 0.5) is 0 Å². The van der Waals surface area contributed by atoms with Gasteiger partial charge in [0.2, 0.25) is 0 Å². The molecule has 0 fully saturated rings. The Kier molecular flexibility index (Phi) is 3.59. The molecule has 15 heavy (non-hydrogen) atoms. The van der Waals surface area contributed by atoms with Gasteiger partial charge in [0.25, 0.3) is 0 Å². The van der Waals surface area contributed by atoms with E-state index in [-0.39, 0.29) is 0 Å². The second kappa shape index (κ2) is 5.14. The Morgan fingerprint density at radius 3 is 2.93 bits per heavy atom. The topological polar surface area (TPSA) is 38.9 Å². The number of hydrogen-bond acceptors (Lipinski definition) is 3. The SMILES string of the molecule is NCCSCc1cccc2cccnc12. The van der Waals surface area contributed by atoms with Crippen LogP contribution in [0.15, 0.2) is 36.5 Å². The highest BCUT2D eigenvalue weighted by Gasteiger charge is 2.00. The molecule has 0 unspecified atom stereocenters. The smallest absolute Gasteiger partial charge is 0.0742 e. The number of thioether (sulfide) groups is 1. The summed E-state index contributed by atoms with van der Waals surface area (Å²) in [6, 6.07) is 10.4. The van der Waals surface area contributed by atoms with Gasteiger partial charge in [-0.05, 0) is 11.6 Å². The quantitative estimate of drug-likeness (QED) is 0.801. The monoisotopic (exact) mass is 218 g/mol. The van der Waals surface area contributed by atoms with Crippen molar-refractivity contribution in [3.8, 4) is 0 Å². The van der Waals surface area contributed by atoms with E-state index >= 15 is 0 Å². The lowest BCUT2D eigenvalue weighted by molar-refractivity contribution is 1.15. The van der Waals surface area contributed by atoms with Gasteiger partial charge < -0.3 is 5.73 Å². The molecule has 2 N–H and O–H groups in total. The molecule has 0 saturated carbocycles. The molecular formula is C12H14N2S. The first-order chi connectivity index (χ1) is 7.42. The van der Waals surface area contributed by atoms with Gasteiger partial charge in [0.05, 0.1) is 5.52 Å². The Hall–Kier alpha value is -1.06. The Morgan fingerprint density at radius 1 is 1.20 bits per heavy atom. The van der Waals surface area contributed by atoms with Crippen LogP contribution in [0.1, 0.15) is 5.56 Å². The highest BCUT2D eigenvalue weighted by molar-refractivity contribution is 7.98. The maximum atomic E-state index is 5.47. The van der Waals surface area contributed by atoms with Gasteiger partial charge in [0.1, 0.15) is 0 Å². The summed E-state index contributed by atoms with van der Waals surface area (Å²) in [6.45, 7) is 0.739. The van der Waals surface area contributed by atoms with Gasteiger partial charge in [0, 0.05) is 29.6 Å². The van der Waals surface area contributed by atoms with Crippen molar-refractivity contribution < 1.29 is 0 Å². The van der Waals surface area contributed by atoms with Crippen molar-refractivity contribution in [1.82, 2.24) is 4.98 Å². The van der Waals surface area contributed by atoms with Crippen molar-refractivity contribution >= 4 is 22.7 Å². The van der Waals surface area contributed by atoms with Crippen molar-refractivity contribution in [2.45, 2.75) is 5.75 Å². The van der Waals surface area contributed by atoms with Gasteiger partial charge >= 0.3 is 0 Å². The van der Waals surface area contributed by atoms with Gasteiger partial charge in [-0.1, -0.05) is 24.3 Å². The van der Waals surface area contributed by atoms with Crippen molar-refractivity contribution in [3.63, 3.8) is 0 Å². The Balaban J connectivity index is 2.26. The fourth-order valence-corrected chi connectivity index (χ4v) is 2.31. The summed E-state index contributed by atoms with van der Waals surface area (Å²) in [7, 11) is 0. The summed E-state index contributed by atoms with van der Waals surface area (Å²) in [6.07, 6.45) is 1.85. The lowest BCUT2D eigenvalue weighted by Gasteiger charge is -2.04. The Morgan fingerprint density at radius 2 is 2.07 bits per heavy atom. The van der Waals surface area contributed by atoms with Crippen LogP contribution in [0.5, 0.6) is 0 Å². The number of aromatic nitrogens is 1. The third-order valence-electron chi connectivity index (χ3n) is 2.24. The van der Waals surface area contributed by atoms with Crippen molar-refractivity contribution in [3.05, 3.63) is 42.1 Å². The van der Waals surface area contributed by atoms with Crippen LogP contribution in [0.3, 0.4) is 0 Å². The molecule has 0 amide bonds. The second-order valence-electron chi connectivity index (χ2n) is 3.33. The van der Waals surface area contributed by atoms with Crippen molar-refractivity contribution in [1.29, 1.82) is 0 Å². The molecular weight excluding hydrogens is 204 g/mol. The zero-order valence-corrected chi connectivity index (χ0v) is 9.33. The molecule has 3 heteroatoms. The van der Waals surface area contributed by atoms with Crippen LogP contribution < -0.4 is 5.73 Å². The number of nitrogens with zero attached hydrogens (tertiary/aromatic N) is 1. The standard InChI is InChI=1S/C12H14N2S/c13-6-8-15-9-11-4-1-3-10-5-2-7-14-12(10)11/h1-5,7H,6,8-9,13H2. The molecule has 0 spiro atoms. The number of rotatable bonds is 4. The number of hydrogen-bond donors (Lipinski definition) is 1. The molecule has 0 aliphatic rings. The van der Waals surface area contributed by atoms with Crippen LogP contribution >= 0.6 is 11.8 Å². The summed E-state index contributed by atoms with van der Waals surface area (Å²) >= 11 is 1.86. The molecule has 1 aromatic carbocycles. The Labute approximate surface area is 93.9 Å². The van der Waals surface area contributed by atoms with Crippen LogP contribution in [0.25, 0.3) is 10.9 Å². The molecule has 0 aliphatic carbocycles. The van der Waals surface area contributed by atoms with Crippen LogP contribution in [-0.2, 0) is 5.75 Å². The lowest BCUT2D eigenvalue weighted by atomic mass is 10.1. The van der Waals surface area contributed by atoms with Gasteiger partial charge in [-0.2, -0.15) is 11.8 Å². The summed E-state index contributed by atoms with van der Waals surface area (Å²) in [5.74, 6) is 1.99. The first kappa shape index (κ1) is 10.5. The molecule has 2 rings (SSSR count). The van der Waals surface area contributed by atoms with Gasteiger partial charge in [-0.15, -0.1) is 0 Å². The molecule has 0 radical (unpaired) electrons. The number of nitrogens with two attached hydrogens (primary N) is 1. The molecule has 0 aliphatic heterocycles. The van der Waals surface area contributed by atoms with Crippen LogP contribution in [0.2, 0.25) is 0 Å². The first-order valence-electron chi connectivity index (χ1n) is 5.02. The predicted molar refractivity (Wildman–Crippen MR) is 67.0 cm³/mol. The highest BCUT2D eigenvalue weighted by Crippen LogP contribution is 2.20. The second-order valence-corrected chi connectivity index (χ2v) is 4.44. The lowest BCUT2D eigenvalue weighted by Crippen LogP contribution is -2.01. The zero-order valence-electron chi connectivity index (χ0n) is 8.52. The molecule has 2 aromatic rings. The molecule has 78 valence electrons. The molecule has 1 aromatic heterocycles. The minimum atomic E-state index is 0.739. The first-order valence-corrected chi connectivity index (χ1v) is 6.18. The highest BCUT2D eigenvalue weighted by atomic mass is 32.2. The summed E-state index contributed by atoms with van der Waals surface area (Å²) in [5, 5.41) is 1.21. The van der Waals surface area contributed by atoms with Gasteiger partial charge in [-0.3, -0.25) is 4.98 Å². The van der Waals surface area contributed by atoms with Gasteiger partial charge in [0.15, 0.2) is 0 Å². The molecule has 2 nitrogen and oxygen atoms in total. The van der Waals surface area contributed by atoms with E-state index < -0.39 is 0 Å². The maximum Gasteiger partial charge on any atom is 0.0742 e. The summed E-state index contributed by atoms with van der Waals surface area (Å²) < 4.78 is 0. The third kappa shape index (κ3) is 2.49. The zero-order chi connectivity index (χ0) is 10.5. The normalized spacial score (nSPS) is 10.7. The maximum absolute atomic E-state index is 5.47. The summed E-state index contributed by atoms with van der Waals surface area (Å²) in [5.41, 5.74) is 7.88. The molecule has 1 heterocycles. The molecule has 0 saturated heterocycles. The van der Waals surface area contributed by atoms with Crippen molar-refractivity contribution in [2.75, 3.05) is 12.3 Å². The number of pyridine rings is 1. The van der Waals surface area contributed by atoms with Gasteiger partial charge in [-0.25, -0.2) is 0 Å². The molecule has 0 bridgehead atoms. The summed E-state index contributed by atoms with van der Waals surface area (Å²) in [4.78, 5) is 4.42. The van der Waals surface area contributed by atoms with E-state index in [1.165, 1.54) is 10.9 Å². The molecule has 0 atom stereocenters. The van der Waals surface area contributed by atoms with E-state index in [1.807, 2.05) is 24.0 Å². The van der Waals surface area contributed by atoms with Crippen molar-refractivity contribution in [2.24, 2.45) is 5.73 Å². The number of para-hydroxylation sites is 1. The number of fused-ring (bicyclic) bond motifs is 1. The number of benzene rings is 1. The minimum absolute atomic E-state index is 0.739. The van der Waals surface area contributed by atoms with E-state index in [4.69, 9.17) is 5.73 Å². The third-order valence-corrected chi connectivity index (χ3v) is 3.28. The average molecular weight is 218 g/mol. The van der Waals surface area contributed by atoms with Crippen LogP contribution in [0, 0.1) is 0 Å². The predicted octanol–water partition coefficient (Wildman–Crippen LogP) is 2.43. The van der Waals surface area contributed by atoms with E-state index in [9.17, 15) is 0 Å². The minimum Gasteiger partial charge on any atom is -0.330 e. The van der Waals surface area contributed by atoms with E-state index in [0.29, 0.717) is 0 Å². The van der Waals surface area contributed by atoms with E-state index in [0.717, 1.165) is 23.6 Å². The fourth-order valence-electron chi connectivity index (χ4n) is 1.55. The Bertz CT molecular complexity index is 437. The fraction of sp³-hybridized carbons (Fsp3) is 0.250. The average Bonchev–Trinajstić information content (AvgIpc) is 2.30. The van der Waals surface area contributed by atoms with E-state index in [2.05, 4.69) is 29.2 Å². The van der Waals surface area contributed by atoms with Crippen LogP contribution in [-0.4, -0.2) is 17.3 Å².